The van der Waals surface area contributed by atoms with Crippen LogP contribution in [0.2, 0.25) is 15.1 Å². The first-order chi connectivity index (χ1) is 8.37. The summed E-state index contributed by atoms with van der Waals surface area (Å²) in [5.74, 6) is 0. The molecule has 1 heterocycles. The van der Waals surface area contributed by atoms with Crippen LogP contribution in [0.1, 0.15) is 26.7 Å². The van der Waals surface area contributed by atoms with Crippen molar-refractivity contribution in [3.05, 3.63) is 27.2 Å². The molecular weight excluding hydrogens is 293 g/mol. The molecule has 0 bridgehead atoms. The van der Waals surface area contributed by atoms with E-state index in [1.54, 1.807) is 12.1 Å². The zero-order valence-electron chi connectivity index (χ0n) is 10.4. The molecule has 0 amide bonds. The van der Waals surface area contributed by atoms with Crippen molar-refractivity contribution >= 4 is 40.5 Å². The SMILES string of the molecule is CC1(C)CC(Nc2cc(Cl)c(Cl)cc2Cl)CCO1. The number of halogens is 3. The number of rotatable bonds is 2. The summed E-state index contributed by atoms with van der Waals surface area (Å²) in [6.45, 7) is 4.94. The summed E-state index contributed by atoms with van der Waals surface area (Å²) in [7, 11) is 0. The van der Waals surface area contributed by atoms with E-state index in [1.165, 1.54) is 0 Å². The summed E-state index contributed by atoms with van der Waals surface area (Å²) in [5.41, 5.74) is 0.729. The number of anilines is 1. The Morgan fingerprint density at radius 3 is 2.50 bits per heavy atom. The summed E-state index contributed by atoms with van der Waals surface area (Å²) in [6, 6.07) is 3.77. The number of nitrogens with one attached hydrogen (secondary N) is 1. The van der Waals surface area contributed by atoms with Crippen molar-refractivity contribution in [1.82, 2.24) is 0 Å². The van der Waals surface area contributed by atoms with E-state index in [0.717, 1.165) is 25.1 Å². The maximum atomic E-state index is 6.15. The molecule has 0 aromatic heterocycles. The molecule has 1 unspecified atom stereocenters. The third kappa shape index (κ3) is 3.45. The molecule has 1 atom stereocenters. The van der Waals surface area contributed by atoms with Crippen LogP contribution in [0.3, 0.4) is 0 Å². The Bertz CT molecular complexity index is 448. The van der Waals surface area contributed by atoms with E-state index in [-0.39, 0.29) is 5.60 Å². The van der Waals surface area contributed by atoms with E-state index in [2.05, 4.69) is 19.2 Å². The zero-order chi connectivity index (χ0) is 13.3. The van der Waals surface area contributed by atoms with Crippen molar-refractivity contribution in [3.63, 3.8) is 0 Å². The minimum atomic E-state index is -0.0986. The first kappa shape index (κ1) is 14.3. The van der Waals surface area contributed by atoms with E-state index in [1.807, 2.05) is 0 Å². The van der Waals surface area contributed by atoms with E-state index in [0.29, 0.717) is 21.1 Å². The predicted octanol–water partition coefficient (Wildman–Crippen LogP) is 5.02. The van der Waals surface area contributed by atoms with Crippen LogP contribution in [-0.4, -0.2) is 18.2 Å². The van der Waals surface area contributed by atoms with Gasteiger partial charge in [-0.25, -0.2) is 0 Å². The molecule has 1 fully saturated rings. The third-order valence-corrected chi connectivity index (χ3v) is 4.10. The predicted molar refractivity (Wildman–Crippen MR) is 78.1 cm³/mol. The van der Waals surface area contributed by atoms with E-state index in [4.69, 9.17) is 39.5 Å². The van der Waals surface area contributed by atoms with Crippen molar-refractivity contribution < 1.29 is 4.74 Å². The summed E-state index contributed by atoms with van der Waals surface area (Å²) in [5, 5.41) is 4.99. The molecule has 1 aromatic carbocycles. The van der Waals surface area contributed by atoms with Crippen LogP contribution in [0, 0.1) is 0 Å². The highest BCUT2D eigenvalue weighted by Gasteiger charge is 2.29. The van der Waals surface area contributed by atoms with Crippen molar-refractivity contribution in [2.75, 3.05) is 11.9 Å². The molecule has 18 heavy (non-hydrogen) atoms. The van der Waals surface area contributed by atoms with Crippen molar-refractivity contribution in [3.8, 4) is 0 Å². The van der Waals surface area contributed by atoms with Gasteiger partial charge in [0.1, 0.15) is 0 Å². The molecule has 100 valence electrons. The average Bonchev–Trinajstić information content (AvgIpc) is 2.24. The molecule has 1 saturated heterocycles. The first-order valence-corrected chi connectivity index (χ1v) is 7.06. The fourth-order valence-corrected chi connectivity index (χ4v) is 2.81. The molecule has 5 heteroatoms. The summed E-state index contributed by atoms with van der Waals surface area (Å²) >= 11 is 18.1. The van der Waals surface area contributed by atoms with Crippen LogP contribution < -0.4 is 5.32 Å². The number of benzene rings is 1. The Hall–Kier alpha value is -0.150. The second-order valence-electron chi connectivity index (χ2n) is 5.19. The van der Waals surface area contributed by atoms with Gasteiger partial charge in [-0.15, -0.1) is 0 Å². The standard InChI is InChI=1S/C13H16Cl3NO/c1-13(2)7-8(3-4-18-13)17-12-6-10(15)9(14)5-11(12)16/h5-6,8,17H,3-4,7H2,1-2H3. The van der Waals surface area contributed by atoms with Gasteiger partial charge in [0.15, 0.2) is 0 Å². The highest BCUT2D eigenvalue weighted by Crippen LogP contribution is 2.34. The maximum Gasteiger partial charge on any atom is 0.0653 e. The lowest BCUT2D eigenvalue weighted by molar-refractivity contribution is -0.0553. The minimum Gasteiger partial charge on any atom is -0.381 e. The Balaban J connectivity index is 2.12. The van der Waals surface area contributed by atoms with Crippen molar-refractivity contribution in [2.24, 2.45) is 0 Å². The largest absolute Gasteiger partial charge is 0.381 e. The van der Waals surface area contributed by atoms with Crippen LogP contribution in [0.15, 0.2) is 12.1 Å². The van der Waals surface area contributed by atoms with Gasteiger partial charge in [0.2, 0.25) is 0 Å². The van der Waals surface area contributed by atoms with Crippen molar-refractivity contribution in [2.45, 2.75) is 38.3 Å². The smallest absolute Gasteiger partial charge is 0.0653 e. The van der Waals surface area contributed by atoms with Crippen LogP contribution in [-0.2, 0) is 4.74 Å². The molecule has 1 N–H and O–H groups in total. The van der Waals surface area contributed by atoms with E-state index >= 15 is 0 Å². The molecular formula is C13H16Cl3NO. The molecule has 2 rings (SSSR count). The maximum absolute atomic E-state index is 6.15. The first-order valence-electron chi connectivity index (χ1n) is 5.92. The molecule has 1 aromatic rings. The van der Waals surface area contributed by atoms with Gasteiger partial charge in [-0.3, -0.25) is 0 Å². The van der Waals surface area contributed by atoms with Gasteiger partial charge in [0, 0.05) is 12.6 Å². The average molecular weight is 309 g/mol. The fourth-order valence-electron chi connectivity index (χ4n) is 2.21. The van der Waals surface area contributed by atoms with E-state index in [9.17, 15) is 0 Å². The molecule has 0 spiro atoms. The highest BCUT2D eigenvalue weighted by molar-refractivity contribution is 6.44. The summed E-state index contributed by atoms with van der Waals surface area (Å²) < 4.78 is 5.69. The molecule has 0 radical (unpaired) electrons. The van der Waals surface area contributed by atoms with Gasteiger partial charge in [-0.2, -0.15) is 0 Å². The summed E-state index contributed by atoms with van der Waals surface area (Å²) in [6.07, 6.45) is 1.89. The topological polar surface area (TPSA) is 21.3 Å². The monoisotopic (exact) mass is 307 g/mol. The van der Waals surface area contributed by atoms with Gasteiger partial charge in [0.05, 0.1) is 26.4 Å². The third-order valence-electron chi connectivity index (χ3n) is 3.07. The van der Waals surface area contributed by atoms with Gasteiger partial charge in [0.25, 0.3) is 0 Å². The fraction of sp³-hybridized carbons (Fsp3) is 0.538. The second kappa shape index (κ2) is 5.46. The zero-order valence-corrected chi connectivity index (χ0v) is 12.7. The lowest BCUT2D eigenvalue weighted by atomic mass is 9.94. The Labute approximate surface area is 123 Å². The van der Waals surface area contributed by atoms with Gasteiger partial charge >= 0.3 is 0 Å². The van der Waals surface area contributed by atoms with Crippen LogP contribution >= 0.6 is 34.8 Å². The Morgan fingerprint density at radius 2 is 1.83 bits per heavy atom. The van der Waals surface area contributed by atoms with Crippen LogP contribution in [0.5, 0.6) is 0 Å². The second-order valence-corrected chi connectivity index (χ2v) is 6.41. The Kier molecular flexibility index (Phi) is 4.32. The lowest BCUT2D eigenvalue weighted by Gasteiger charge is -2.36. The minimum absolute atomic E-state index is 0.0986. The van der Waals surface area contributed by atoms with Gasteiger partial charge in [-0.1, -0.05) is 34.8 Å². The number of hydrogen-bond donors (Lipinski definition) is 1. The molecule has 0 saturated carbocycles. The van der Waals surface area contributed by atoms with Crippen LogP contribution in [0.4, 0.5) is 5.69 Å². The quantitative estimate of drug-likeness (QED) is 0.775. The normalized spacial score (nSPS) is 22.8. The molecule has 0 aliphatic carbocycles. The van der Waals surface area contributed by atoms with Crippen LogP contribution in [0.25, 0.3) is 0 Å². The molecule has 1 aliphatic rings. The number of hydrogen-bond acceptors (Lipinski definition) is 2. The molecule has 1 aliphatic heterocycles. The van der Waals surface area contributed by atoms with Gasteiger partial charge in [-0.05, 0) is 38.8 Å². The van der Waals surface area contributed by atoms with Crippen molar-refractivity contribution in [1.29, 1.82) is 0 Å². The lowest BCUT2D eigenvalue weighted by Crippen LogP contribution is -2.40. The molecule has 2 nitrogen and oxygen atoms in total. The highest BCUT2D eigenvalue weighted by atomic mass is 35.5. The van der Waals surface area contributed by atoms with Gasteiger partial charge < -0.3 is 10.1 Å². The Morgan fingerprint density at radius 1 is 1.17 bits per heavy atom. The summed E-state index contributed by atoms with van der Waals surface area (Å²) in [4.78, 5) is 0. The van der Waals surface area contributed by atoms with E-state index < -0.39 is 0 Å². The number of ether oxygens (including phenoxy) is 1.